The summed E-state index contributed by atoms with van der Waals surface area (Å²) in [6, 6.07) is 18.0. The van der Waals surface area contributed by atoms with Crippen molar-refractivity contribution in [2.45, 2.75) is 19.8 Å². The average Bonchev–Trinajstić information content (AvgIpc) is 3.00. The molecular weight excluding hydrogens is 544 g/mol. The minimum Gasteiger partial charge on any atom is -0.497 e. The van der Waals surface area contributed by atoms with E-state index in [0.29, 0.717) is 39.8 Å². The fraction of sp³-hybridized carbons (Fsp3) is 0.233. The van der Waals surface area contributed by atoms with Crippen LogP contribution in [0.5, 0.6) is 17.2 Å². The third kappa shape index (κ3) is 9.97. The monoisotopic (exact) mass is 576 g/mol. The summed E-state index contributed by atoms with van der Waals surface area (Å²) in [6.07, 6.45) is 1.35. The van der Waals surface area contributed by atoms with Gasteiger partial charge in [-0.15, -0.1) is 0 Å². The van der Waals surface area contributed by atoms with Crippen molar-refractivity contribution in [3.8, 4) is 17.2 Å². The second-order valence-corrected chi connectivity index (χ2v) is 8.61. The SMILES string of the molecule is CCOC(=O)c1ccc(NC(=O)COc2ccc(C=NNC(=O)CCC(=O)Nc3ccc(OC)cc3)cc2OC)cc1. The molecule has 0 saturated heterocycles. The highest BCUT2D eigenvalue weighted by Crippen LogP contribution is 2.27. The minimum absolute atomic E-state index is 0.0142. The van der Waals surface area contributed by atoms with Crippen molar-refractivity contribution in [2.24, 2.45) is 5.10 Å². The van der Waals surface area contributed by atoms with Crippen LogP contribution in [-0.2, 0) is 19.1 Å². The van der Waals surface area contributed by atoms with Crippen LogP contribution in [0.2, 0.25) is 0 Å². The van der Waals surface area contributed by atoms with Gasteiger partial charge < -0.3 is 29.6 Å². The van der Waals surface area contributed by atoms with Gasteiger partial charge in [0.1, 0.15) is 5.75 Å². The Bertz CT molecular complexity index is 1410. The number of hydrogen-bond acceptors (Lipinski definition) is 9. The van der Waals surface area contributed by atoms with Gasteiger partial charge in [-0.25, -0.2) is 10.2 Å². The summed E-state index contributed by atoms with van der Waals surface area (Å²) in [5.41, 5.74) is 4.46. The number of nitrogens with zero attached hydrogens (tertiary/aromatic N) is 1. The van der Waals surface area contributed by atoms with Crippen LogP contribution in [0.15, 0.2) is 71.8 Å². The molecule has 0 saturated carbocycles. The van der Waals surface area contributed by atoms with E-state index in [0.717, 1.165) is 0 Å². The lowest BCUT2D eigenvalue weighted by atomic mass is 10.2. The highest BCUT2D eigenvalue weighted by molar-refractivity contribution is 5.94. The van der Waals surface area contributed by atoms with Crippen LogP contribution in [0.4, 0.5) is 11.4 Å². The van der Waals surface area contributed by atoms with Crippen LogP contribution < -0.4 is 30.3 Å². The summed E-state index contributed by atoms with van der Waals surface area (Å²) in [7, 11) is 3.01. The second-order valence-electron chi connectivity index (χ2n) is 8.61. The lowest BCUT2D eigenvalue weighted by Gasteiger charge is -2.11. The molecule has 0 atom stereocenters. The number of carbonyl (C=O) groups is 4. The molecule has 42 heavy (non-hydrogen) atoms. The largest absolute Gasteiger partial charge is 0.497 e. The molecule has 12 nitrogen and oxygen atoms in total. The van der Waals surface area contributed by atoms with E-state index < -0.39 is 17.8 Å². The van der Waals surface area contributed by atoms with Gasteiger partial charge in [0.2, 0.25) is 11.8 Å². The fourth-order valence-electron chi connectivity index (χ4n) is 3.49. The van der Waals surface area contributed by atoms with E-state index in [1.54, 1.807) is 80.8 Å². The smallest absolute Gasteiger partial charge is 0.338 e. The quantitative estimate of drug-likeness (QED) is 0.149. The standard InChI is InChI=1S/C30H32N4O8/c1-4-41-30(38)21-6-8-22(9-7-21)33-29(37)19-42-25-14-5-20(17-26(25)40-3)18-31-34-28(36)16-15-27(35)32-23-10-12-24(39-2)13-11-23/h5-14,17-18H,4,15-16,19H2,1-3H3,(H,32,35)(H,33,37)(H,34,36). The number of carbonyl (C=O) groups excluding carboxylic acids is 4. The molecule has 3 amide bonds. The van der Waals surface area contributed by atoms with Crippen LogP contribution in [0.3, 0.4) is 0 Å². The Hall–Kier alpha value is -5.39. The Morgan fingerprint density at radius 3 is 2.05 bits per heavy atom. The number of amides is 3. The first-order valence-electron chi connectivity index (χ1n) is 12.9. The first kappa shape index (κ1) is 31.1. The summed E-state index contributed by atoms with van der Waals surface area (Å²) >= 11 is 0. The van der Waals surface area contributed by atoms with Crippen molar-refractivity contribution in [3.63, 3.8) is 0 Å². The highest BCUT2D eigenvalue weighted by Gasteiger charge is 2.11. The molecule has 0 aliphatic carbocycles. The third-order valence-electron chi connectivity index (χ3n) is 5.58. The van der Waals surface area contributed by atoms with Crippen LogP contribution >= 0.6 is 0 Å². The molecule has 3 rings (SSSR count). The molecule has 0 aliphatic rings. The Balaban J connectivity index is 1.43. The van der Waals surface area contributed by atoms with E-state index in [1.165, 1.54) is 13.3 Å². The molecule has 3 aromatic carbocycles. The van der Waals surface area contributed by atoms with Gasteiger partial charge in [0.15, 0.2) is 18.1 Å². The minimum atomic E-state index is -0.438. The highest BCUT2D eigenvalue weighted by atomic mass is 16.5. The van der Waals surface area contributed by atoms with E-state index >= 15 is 0 Å². The van der Waals surface area contributed by atoms with Crippen molar-refractivity contribution < 1.29 is 38.1 Å². The van der Waals surface area contributed by atoms with Gasteiger partial charge in [0.05, 0.1) is 32.6 Å². The summed E-state index contributed by atoms with van der Waals surface area (Å²) in [6.45, 7) is 1.71. The van der Waals surface area contributed by atoms with Crippen LogP contribution in [-0.4, -0.2) is 57.3 Å². The summed E-state index contributed by atoms with van der Waals surface area (Å²) in [4.78, 5) is 48.2. The zero-order valence-corrected chi connectivity index (χ0v) is 23.5. The van der Waals surface area contributed by atoms with Crippen molar-refractivity contribution >= 4 is 41.3 Å². The lowest BCUT2D eigenvalue weighted by molar-refractivity contribution is -0.124. The van der Waals surface area contributed by atoms with Gasteiger partial charge in [-0.05, 0) is 79.2 Å². The van der Waals surface area contributed by atoms with Crippen LogP contribution in [0, 0.1) is 0 Å². The fourth-order valence-corrected chi connectivity index (χ4v) is 3.49. The van der Waals surface area contributed by atoms with E-state index in [-0.39, 0.29) is 32.0 Å². The van der Waals surface area contributed by atoms with Gasteiger partial charge in [0.25, 0.3) is 5.91 Å². The molecule has 12 heteroatoms. The zero-order chi connectivity index (χ0) is 30.3. The van der Waals surface area contributed by atoms with Gasteiger partial charge in [-0.2, -0.15) is 5.10 Å². The first-order chi connectivity index (χ1) is 20.3. The molecule has 0 aliphatic heterocycles. The van der Waals surface area contributed by atoms with Crippen molar-refractivity contribution in [3.05, 3.63) is 77.9 Å². The molecule has 0 aromatic heterocycles. The zero-order valence-electron chi connectivity index (χ0n) is 23.5. The predicted molar refractivity (Wildman–Crippen MR) is 156 cm³/mol. The Morgan fingerprint density at radius 2 is 1.40 bits per heavy atom. The van der Waals surface area contributed by atoms with E-state index in [1.807, 2.05) is 0 Å². The van der Waals surface area contributed by atoms with E-state index in [9.17, 15) is 19.2 Å². The summed E-state index contributed by atoms with van der Waals surface area (Å²) < 4.78 is 21.0. The molecular formula is C30H32N4O8. The number of benzene rings is 3. The topological polar surface area (TPSA) is 154 Å². The Labute approximate surface area is 243 Å². The maximum absolute atomic E-state index is 12.3. The maximum atomic E-state index is 12.3. The summed E-state index contributed by atoms with van der Waals surface area (Å²) in [5, 5.41) is 9.31. The van der Waals surface area contributed by atoms with Gasteiger partial charge in [0, 0.05) is 24.2 Å². The molecule has 220 valence electrons. The van der Waals surface area contributed by atoms with Gasteiger partial charge >= 0.3 is 5.97 Å². The average molecular weight is 577 g/mol. The number of hydrogen-bond donors (Lipinski definition) is 3. The number of hydrazone groups is 1. The van der Waals surface area contributed by atoms with Crippen molar-refractivity contribution in [1.82, 2.24) is 5.43 Å². The number of methoxy groups -OCH3 is 2. The second kappa shape index (κ2) is 16.0. The van der Waals surface area contributed by atoms with Gasteiger partial charge in [-0.1, -0.05) is 0 Å². The van der Waals surface area contributed by atoms with Gasteiger partial charge in [-0.3, -0.25) is 14.4 Å². The number of nitrogens with one attached hydrogen (secondary N) is 3. The molecule has 0 unspecified atom stereocenters. The molecule has 0 spiro atoms. The van der Waals surface area contributed by atoms with E-state index in [4.69, 9.17) is 18.9 Å². The summed E-state index contributed by atoms with van der Waals surface area (Å²) in [5.74, 6) is -0.226. The Morgan fingerprint density at radius 1 is 0.762 bits per heavy atom. The third-order valence-corrected chi connectivity index (χ3v) is 5.58. The predicted octanol–water partition coefficient (Wildman–Crippen LogP) is 3.77. The molecule has 0 radical (unpaired) electrons. The number of esters is 1. The molecule has 0 bridgehead atoms. The maximum Gasteiger partial charge on any atom is 0.338 e. The normalized spacial score (nSPS) is 10.5. The van der Waals surface area contributed by atoms with Crippen LogP contribution in [0.25, 0.3) is 0 Å². The molecule has 0 fully saturated rings. The Kier molecular flexibility index (Phi) is 11.9. The van der Waals surface area contributed by atoms with E-state index in [2.05, 4.69) is 21.2 Å². The number of rotatable bonds is 14. The van der Waals surface area contributed by atoms with Crippen LogP contribution in [0.1, 0.15) is 35.7 Å². The molecule has 3 N–H and O–H groups in total. The molecule has 3 aromatic rings. The number of anilines is 2. The lowest BCUT2D eigenvalue weighted by Crippen LogP contribution is -2.20. The molecule has 0 heterocycles. The van der Waals surface area contributed by atoms with Crippen molar-refractivity contribution in [1.29, 1.82) is 0 Å². The number of ether oxygens (including phenoxy) is 4. The first-order valence-corrected chi connectivity index (χ1v) is 12.9. The van der Waals surface area contributed by atoms with Crippen molar-refractivity contribution in [2.75, 3.05) is 38.1 Å².